The Bertz CT molecular complexity index is 761. The van der Waals surface area contributed by atoms with Crippen LogP contribution in [0.4, 0.5) is 4.79 Å². The van der Waals surface area contributed by atoms with E-state index in [2.05, 4.69) is 11.8 Å². The van der Waals surface area contributed by atoms with Crippen molar-refractivity contribution in [2.75, 3.05) is 47.0 Å². The molecular formula is C22H31N3O5. The highest BCUT2D eigenvalue weighted by molar-refractivity contribution is 6.08. The largest absolute Gasteiger partial charge is 0.468 e. The number of esters is 1. The minimum atomic E-state index is -0.900. The van der Waals surface area contributed by atoms with Gasteiger partial charge in [0.15, 0.2) is 0 Å². The number of methoxy groups -OCH3 is 2. The van der Waals surface area contributed by atoms with Gasteiger partial charge >= 0.3 is 12.0 Å². The molecule has 0 saturated carbocycles. The maximum atomic E-state index is 13.4. The molecule has 1 aromatic carbocycles. The molecule has 3 amide bonds. The third-order valence-electron chi connectivity index (χ3n) is 6.26. The first-order chi connectivity index (χ1) is 14.4. The molecule has 1 atom stereocenters. The third kappa shape index (κ3) is 4.34. The van der Waals surface area contributed by atoms with Crippen molar-refractivity contribution in [2.24, 2.45) is 0 Å². The smallest absolute Gasteiger partial charge is 0.328 e. The number of nitrogens with zero attached hydrogens (tertiary/aromatic N) is 3. The number of benzene rings is 1. The Morgan fingerprint density at radius 3 is 2.40 bits per heavy atom. The lowest BCUT2D eigenvalue weighted by Crippen LogP contribution is -2.58. The lowest BCUT2D eigenvalue weighted by Gasteiger charge is -2.44. The van der Waals surface area contributed by atoms with Gasteiger partial charge in [0.2, 0.25) is 0 Å². The highest BCUT2D eigenvalue weighted by Crippen LogP contribution is 2.38. The summed E-state index contributed by atoms with van der Waals surface area (Å²) in [4.78, 5) is 43.4. The molecule has 3 rings (SSSR count). The number of amides is 3. The van der Waals surface area contributed by atoms with Gasteiger partial charge in [-0.1, -0.05) is 30.3 Å². The summed E-state index contributed by atoms with van der Waals surface area (Å²) in [5.41, 5.74) is 0.203. The van der Waals surface area contributed by atoms with E-state index in [4.69, 9.17) is 9.47 Å². The van der Waals surface area contributed by atoms with Crippen molar-refractivity contribution in [3.63, 3.8) is 0 Å². The van der Waals surface area contributed by atoms with E-state index in [1.807, 2.05) is 30.3 Å². The summed E-state index contributed by atoms with van der Waals surface area (Å²) < 4.78 is 9.96. The van der Waals surface area contributed by atoms with Crippen LogP contribution in [0.3, 0.4) is 0 Å². The zero-order chi connectivity index (χ0) is 21.7. The van der Waals surface area contributed by atoms with Crippen molar-refractivity contribution in [2.45, 2.75) is 37.8 Å². The van der Waals surface area contributed by atoms with Gasteiger partial charge in [-0.05, 0) is 31.7 Å². The summed E-state index contributed by atoms with van der Waals surface area (Å²) in [5.74, 6) is -0.882. The van der Waals surface area contributed by atoms with Gasteiger partial charge in [0.05, 0.1) is 13.7 Å². The number of carbonyl (C=O) groups excluding carboxylic acids is 3. The van der Waals surface area contributed by atoms with Crippen LogP contribution < -0.4 is 0 Å². The average molecular weight is 418 g/mol. The quantitative estimate of drug-likeness (QED) is 0.472. The Morgan fingerprint density at radius 1 is 1.13 bits per heavy atom. The fourth-order valence-electron chi connectivity index (χ4n) is 4.48. The molecule has 0 bridgehead atoms. The summed E-state index contributed by atoms with van der Waals surface area (Å²) in [6.45, 7) is 4.18. The van der Waals surface area contributed by atoms with Crippen molar-refractivity contribution in [3.05, 3.63) is 35.9 Å². The molecule has 1 aromatic rings. The van der Waals surface area contributed by atoms with Crippen LogP contribution in [0.15, 0.2) is 30.3 Å². The molecule has 0 N–H and O–H groups in total. The second-order valence-corrected chi connectivity index (χ2v) is 8.01. The standard InChI is InChI=1S/C22H31N3O5/c1-17(16-29-2)23-13-10-22(11-14-23)20(27)24(15-19(26)30-3)21(28)25(22)12-9-18-7-5-4-6-8-18/h4-8,17H,9-16H2,1-3H3. The fourth-order valence-corrected chi connectivity index (χ4v) is 4.48. The molecule has 2 heterocycles. The molecule has 2 aliphatic rings. The number of hydrogen-bond acceptors (Lipinski definition) is 6. The maximum Gasteiger partial charge on any atom is 0.328 e. The first-order valence-corrected chi connectivity index (χ1v) is 10.4. The molecule has 8 nitrogen and oxygen atoms in total. The average Bonchev–Trinajstić information content (AvgIpc) is 2.94. The van der Waals surface area contributed by atoms with Gasteiger partial charge in [-0.2, -0.15) is 0 Å². The molecule has 1 unspecified atom stereocenters. The molecule has 2 saturated heterocycles. The van der Waals surface area contributed by atoms with Crippen LogP contribution in [0.1, 0.15) is 25.3 Å². The molecule has 0 radical (unpaired) electrons. The first-order valence-electron chi connectivity index (χ1n) is 10.4. The number of likely N-dealkylation sites (tertiary alicyclic amines) is 1. The van der Waals surface area contributed by atoms with Crippen LogP contribution >= 0.6 is 0 Å². The van der Waals surface area contributed by atoms with Crippen LogP contribution in [0, 0.1) is 0 Å². The summed E-state index contributed by atoms with van der Waals surface area (Å²) >= 11 is 0. The third-order valence-corrected chi connectivity index (χ3v) is 6.26. The molecule has 30 heavy (non-hydrogen) atoms. The number of hydrogen-bond donors (Lipinski definition) is 0. The monoisotopic (exact) mass is 417 g/mol. The van der Waals surface area contributed by atoms with E-state index >= 15 is 0 Å². The van der Waals surface area contributed by atoms with E-state index in [9.17, 15) is 14.4 Å². The number of imide groups is 1. The molecule has 2 aliphatic heterocycles. The minimum absolute atomic E-state index is 0.239. The van der Waals surface area contributed by atoms with Gasteiger partial charge in [-0.3, -0.25) is 19.4 Å². The van der Waals surface area contributed by atoms with Gasteiger partial charge in [0, 0.05) is 32.8 Å². The number of piperidine rings is 1. The normalized spacial score (nSPS) is 20.1. The fraction of sp³-hybridized carbons (Fsp3) is 0.591. The summed E-state index contributed by atoms with van der Waals surface area (Å²) in [6, 6.07) is 9.72. The van der Waals surface area contributed by atoms with Crippen molar-refractivity contribution >= 4 is 17.9 Å². The van der Waals surface area contributed by atoms with Crippen LogP contribution in [0.2, 0.25) is 0 Å². The van der Waals surface area contributed by atoms with Gasteiger partial charge in [-0.25, -0.2) is 4.79 Å². The predicted octanol–water partition coefficient (Wildman–Crippen LogP) is 1.54. The Labute approximate surface area is 177 Å². The highest BCUT2D eigenvalue weighted by Gasteiger charge is 2.58. The lowest BCUT2D eigenvalue weighted by molar-refractivity contribution is -0.146. The predicted molar refractivity (Wildman–Crippen MR) is 111 cm³/mol. The van der Waals surface area contributed by atoms with Gasteiger partial charge < -0.3 is 14.4 Å². The van der Waals surface area contributed by atoms with E-state index in [-0.39, 0.29) is 18.5 Å². The number of rotatable bonds is 8. The Morgan fingerprint density at radius 2 is 1.80 bits per heavy atom. The Kier molecular flexibility index (Phi) is 7.10. The molecule has 2 fully saturated rings. The van der Waals surface area contributed by atoms with Crippen LogP contribution in [0.5, 0.6) is 0 Å². The van der Waals surface area contributed by atoms with E-state index in [0.717, 1.165) is 10.5 Å². The molecule has 1 spiro atoms. The Balaban J connectivity index is 1.80. The van der Waals surface area contributed by atoms with E-state index < -0.39 is 17.5 Å². The first kappa shape index (κ1) is 22.2. The topological polar surface area (TPSA) is 79.4 Å². The van der Waals surface area contributed by atoms with Crippen molar-refractivity contribution < 1.29 is 23.9 Å². The highest BCUT2D eigenvalue weighted by atomic mass is 16.5. The van der Waals surface area contributed by atoms with Crippen LogP contribution in [-0.2, 0) is 25.5 Å². The second-order valence-electron chi connectivity index (χ2n) is 8.01. The van der Waals surface area contributed by atoms with Gasteiger partial charge in [0.25, 0.3) is 5.91 Å². The van der Waals surface area contributed by atoms with Crippen LogP contribution in [-0.4, -0.2) is 91.2 Å². The van der Waals surface area contributed by atoms with E-state index in [1.165, 1.54) is 7.11 Å². The second kappa shape index (κ2) is 9.57. The minimum Gasteiger partial charge on any atom is -0.468 e. The summed E-state index contributed by atoms with van der Waals surface area (Å²) in [6.07, 6.45) is 1.73. The molecular weight excluding hydrogens is 386 g/mol. The number of ether oxygens (including phenoxy) is 2. The van der Waals surface area contributed by atoms with E-state index in [1.54, 1.807) is 12.0 Å². The SMILES string of the molecule is COCC(C)N1CCC2(CC1)C(=O)N(CC(=O)OC)C(=O)N2CCc1ccccc1. The zero-order valence-corrected chi connectivity index (χ0v) is 18.0. The van der Waals surface area contributed by atoms with E-state index in [0.29, 0.717) is 45.5 Å². The van der Waals surface area contributed by atoms with Crippen molar-refractivity contribution in [1.82, 2.24) is 14.7 Å². The Hall–Kier alpha value is -2.45. The zero-order valence-electron chi connectivity index (χ0n) is 18.0. The molecule has 0 aromatic heterocycles. The molecule has 164 valence electrons. The maximum absolute atomic E-state index is 13.4. The lowest BCUT2D eigenvalue weighted by atomic mass is 9.85. The molecule has 0 aliphatic carbocycles. The summed E-state index contributed by atoms with van der Waals surface area (Å²) in [7, 11) is 2.93. The summed E-state index contributed by atoms with van der Waals surface area (Å²) in [5, 5.41) is 0. The van der Waals surface area contributed by atoms with Gasteiger partial charge in [0.1, 0.15) is 12.1 Å². The molecule has 8 heteroatoms. The van der Waals surface area contributed by atoms with Crippen molar-refractivity contribution in [1.29, 1.82) is 0 Å². The van der Waals surface area contributed by atoms with Crippen molar-refractivity contribution in [3.8, 4) is 0 Å². The number of carbonyl (C=O) groups is 3. The number of urea groups is 1. The van der Waals surface area contributed by atoms with Crippen LogP contribution in [0.25, 0.3) is 0 Å². The van der Waals surface area contributed by atoms with Gasteiger partial charge in [-0.15, -0.1) is 0 Å².